The number of aryl methyl sites for hydroxylation is 1. The number of hydrogen-bond acceptors (Lipinski definition) is 3. The molecule has 0 heterocycles. The molecule has 0 aliphatic heterocycles. The maximum absolute atomic E-state index is 12.1. The second kappa shape index (κ2) is 6.92. The molecule has 0 aromatic heterocycles. The van der Waals surface area contributed by atoms with Gasteiger partial charge >= 0.3 is 0 Å². The Bertz CT molecular complexity index is 555. The van der Waals surface area contributed by atoms with Crippen molar-refractivity contribution in [2.75, 3.05) is 13.7 Å². The van der Waals surface area contributed by atoms with E-state index >= 15 is 0 Å². The van der Waals surface area contributed by atoms with Crippen LogP contribution in [0.15, 0.2) is 24.3 Å². The van der Waals surface area contributed by atoms with E-state index in [2.05, 4.69) is 10.6 Å². The van der Waals surface area contributed by atoms with Crippen LogP contribution in [-0.4, -0.2) is 36.1 Å². The number of hydrogen-bond donors (Lipinski definition) is 3. The molecule has 0 bridgehead atoms. The number of aliphatic hydroxyl groups is 1. The highest BCUT2D eigenvalue weighted by Gasteiger charge is 2.41. The maximum Gasteiger partial charge on any atom is 0.251 e. The highest BCUT2D eigenvalue weighted by Crippen LogP contribution is 2.39. The number of benzene rings is 1. The Kier molecular flexibility index (Phi) is 5.19. The fourth-order valence-corrected chi connectivity index (χ4v) is 2.64. The Hall–Kier alpha value is -1.88. The van der Waals surface area contributed by atoms with Crippen molar-refractivity contribution in [3.05, 3.63) is 35.4 Å². The summed E-state index contributed by atoms with van der Waals surface area (Å²) in [6.45, 7) is 1.87. The first-order chi connectivity index (χ1) is 10.5. The van der Waals surface area contributed by atoms with E-state index in [9.17, 15) is 14.7 Å². The van der Waals surface area contributed by atoms with Crippen LogP contribution in [0.25, 0.3) is 0 Å². The molecule has 1 saturated carbocycles. The average Bonchev–Trinajstić information content (AvgIpc) is 3.37. The fraction of sp³-hybridized carbons (Fsp3) is 0.529. The van der Waals surface area contributed by atoms with Gasteiger partial charge in [-0.3, -0.25) is 9.59 Å². The zero-order valence-electron chi connectivity index (χ0n) is 13.2. The number of aliphatic hydroxyl groups excluding tert-OH is 1. The van der Waals surface area contributed by atoms with Gasteiger partial charge in [-0.1, -0.05) is 12.1 Å². The van der Waals surface area contributed by atoms with Crippen LogP contribution in [0.4, 0.5) is 0 Å². The van der Waals surface area contributed by atoms with E-state index < -0.39 is 5.54 Å². The lowest BCUT2D eigenvalue weighted by molar-refractivity contribution is -0.123. The van der Waals surface area contributed by atoms with Crippen molar-refractivity contribution in [3.63, 3.8) is 0 Å². The summed E-state index contributed by atoms with van der Waals surface area (Å²) in [6.07, 6.45) is 3.04. The standard InChI is InChI=1S/C17H24N2O3/c1-17(11-20,14-7-8-14)19-15(21)9-6-12-4-3-5-13(10-12)16(22)18-2/h3-5,10,14,20H,6-9,11H2,1-2H3,(H,18,22)(H,19,21). The molecular weight excluding hydrogens is 280 g/mol. The highest BCUT2D eigenvalue weighted by molar-refractivity contribution is 5.94. The quantitative estimate of drug-likeness (QED) is 0.709. The van der Waals surface area contributed by atoms with E-state index in [0.29, 0.717) is 24.3 Å². The molecule has 120 valence electrons. The Balaban J connectivity index is 1.89. The van der Waals surface area contributed by atoms with Crippen LogP contribution in [0.5, 0.6) is 0 Å². The molecule has 3 N–H and O–H groups in total. The van der Waals surface area contributed by atoms with E-state index in [1.54, 1.807) is 19.2 Å². The van der Waals surface area contributed by atoms with Gasteiger partial charge in [0.1, 0.15) is 0 Å². The molecule has 5 nitrogen and oxygen atoms in total. The molecule has 1 atom stereocenters. The van der Waals surface area contributed by atoms with Crippen LogP contribution >= 0.6 is 0 Å². The molecule has 1 fully saturated rings. The molecule has 0 saturated heterocycles. The number of rotatable bonds is 7. The van der Waals surface area contributed by atoms with Crippen LogP contribution in [0.2, 0.25) is 0 Å². The Morgan fingerprint density at radius 2 is 2.09 bits per heavy atom. The first kappa shape index (κ1) is 16.5. The number of amides is 2. The Labute approximate surface area is 131 Å². The van der Waals surface area contributed by atoms with Crippen LogP contribution in [0.1, 0.15) is 42.1 Å². The number of carbonyl (C=O) groups excluding carboxylic acids is 2. The minimum atomic E-state index is -0.499. The van der Waals surface area contributed by atoms with Crippen molar-refractivity contribution in [2.24, 2.45) is 5.92 Å². The second-order valence-corrected chi connectivity index (χ2v) is 6.18. The summed E-state index contributed by atoms with van der Waals surface area (Å²) in [5.74, 6) is 0.194. The van der Waals surface area contributed by atoms with Crippen LogP contribution in [-0.2, 0) is 11.2 Å². The summed E-state index contributed by atoms with van der Waals surface area (Å²) in [5.41, 5.74) is 1.05. The molecular formula is C17H24N2O3. The first-order valence-electron chi connectivity index (χ1n) is 7.71. The summed E-state index contributed by atoms with van der Waals surface area (Å²) >= 11 is 0. The zero-order valence-corrected chi connectivity index (χ0v) is 13.2. The van der Waals surface area contributed by atoms with E-state index in [-0.39, 0.29) is 18.4 Å². The molecule has 2 amide bonds. The molecule has 1 aliphatic rings. The van der Waals surface area contributed by atoms with Crippen LogP contribution in [0, 0.1) is 5.92 Å². The number of nitrogens with one attached hydrogen (secondary N) is 2. The van der Waals surface area contributed by atoms with Crippen LogP contribution < -0.4 is 10.6 Å². The van der Waals surface area contributed by atoms with E-state index in [1.807, 2.05) is 19.1 Å². The Morgan fingerprint density at radius 1 is 1.36 bits per heavy atom. The van der Waals surface area contributed by atoms with Gasteiger partial charge in [-0.05, 0) is 49.8 Å². The van der Waals surface area contributed by atoms with Gasteiger partial charge in [-0.2, -0.15) is 0 Å². The predicted molar refractivity (Wildman–Crippen MR) is 84.5 cm³/mol. The third-order valence-electron chi connectivity index (χ3n) is 4.29. The van der Waals surface area contributed by atoms with Crippen molar-refractivity contribution in [1.29, 1.82) is 0 Å². The summed E-state index contributed by atoms with van der Waals surface area (Å²) < 4.78 is 0. The van der Waals surface area contributed by atoms with Gasteiger partial charge in [0.2, 0.25) is 5.91 Å². The van der Waals surface area contributed by atoms with Gasteiger partial charge in [0, 0.05) is 19.0 Å². The summed E-state index contributed by atoms with van der Waals surface area (Å²) in [6, 6.07) is 7.28. The molecule has 0 radical (unpaired) electrons. The minimum absolute atomic E-state index is 0.0322. The smallest absolute Gasteiger partial charge is 0.251 e. The third-order valence-corrected chi connectivity index (χ3v) is 4.29. The molecule has 0 spiro atoms. The van der Waals surface area contributed by atoms with Crippen molar-refractivity contribution in [2.45, 2.75) is 38.1 Å². The van der Waals surface area contributed by atoms with E-state index in [4.69, 9.17) is 0 Å². The highest BCUT2D eigenvalue weighted by atomic mass is 16.3. The van der Waals surface area contributed by atoms with Gasteiger partial charge in [-0.15, -0.1) is 0 Å². The normalized spacial score (nSPS) is 16.7. The number of carbonyl (C=O) groups is 2. The summed E-state index contributed by atoms with van der Waals surface area (Å²) in [4.78, 5) is 23.7. The third kappa shape index (κ3) is 4.07. The fourth-order valence-electron chi connectivity index (χ4n) is 2.64. The maximum atomic E-state index is 12.1. The van der Waals surface area contributed by atoms with Crippen molar-refractivity contribution in [1.82, 2.24) is 10.6 Å². The molecule has 1 unspecified atom stereocenters. The van der Waals surface area contributed by atoms with Gasteiger partial charge < -0.3 is 15.7 Å². The van der Waals surface area contributed by atoms with Crippen molar-refractivity contribution in [3.8, 4) is 0 Å². The topological polar surface area (TPSA) is 78.4 Å². The largest absolute Gasteiger partial charge is 0.394 e. The van der Waals surface area contributed by atoms with E-state index in [1.165, 1.54) is 0 Å². The molecule has 1 aliphatic carbocycles. The zero-order chi connectivity index (χ0) is 16.2. The molecule has 1 aromatic rings. The van der Waals surface area contributed by atoms with Crippen molar-refractivity contribution < 1.29 is 14.7 Å². The lowest BCUT2D eigenvalue weighted by Crippen LogP contribution is -2.50. The summed E-state index contributed by atoms with van der Waals surface area (Å²) in [7, 11) is 1.59. The van der Waals surface area contributed by atoms with Gasteiger partial charge in [-0.25, -0.2) is 0 Å². The van der Waals surface area contributed by atoms with Gasteiger partial charge in [0.25, 0.3) is 5.91 Å². The molecule has 1 aromatic carbocycles. The minimum Gasteiger partial charge on any atom is -0.394 e. The lowest BCUT2D eigenvalue weighted by atomic mass is 9.96. The molecule has 2 rings (SSSR count). The van der Waals surface area contributed by atoms with Gasteiger partial charge in [0.05, 0.1) is 12.1 Å². The first-order valence-corrected chi connectivity index (χ1v) is 7.71. The monoisotopic (exact) mass is 304 g/mol. The average molecular weight is 304 g/mol. The second-order valence-electron chi connectivity index (χ2n) is 6.18. The van der Waals surface area contributed by atoms with Crippen molar-refractivity contribution >= 4 is 11.8 Å². The Morgan fingerprint density at radius 3 is 2.68 bits per heavy atom. The lowest BCUT2D eigenvalue weighted by Gasteiger charge is -2.28. The van der Waals surface area contributed by atoms with Crippen LogP contribution in [0.3, 0.4) is 0 Å². The van der Waals surface area contributed by atoms with Gasteiger partial charge in [0.15, 0.2) is 0 Å². The van der Waals surface area contributed by atoms with E-state index in [0.717, 1.165) is 18.4 Å². The SMILES string of the molecule is CNC(=O)c1cccc(CCC(=O)NC(C)(CO)C2CC2)c1. The molecule has 5 heteroatoms. The predicted octanol–water partition coefficient (Wildman–Crippen LogP) is 1.26. The summed E-state index contributed by atoms with van der Waals surface area (Å²) in [5, 5.41) is 15.0. The molecule has 22 heavy (non-hydrogen) atoms.